The summed E-state index contributed by atoms with van der Waals surface area (Å²) in [5, 5.41) is 0. The third kappa shape index (κ3) is 7.33. The van der Waals surface area contributed by atoms with Gasteiger partial charge in [0, 0.05) is 18.6 Å². The Labute approximate surface area is 224 Å². The second kappa shape index (κ2) is 14.5. The molecule has 1 aliphatic heterocycles. The van der Waals surface area contributed by atoms with Crippen LogP contribution in [0.25, 0.3) is 0 Å². The zero-order valence-electron chi connectivity index (χ0n) is 23.1. The van der Waals surface area contributed by atoms with Gasteiger partial charge in [0.2, 0.25) is 5.75 Å². The van der Waals surface area contributed by atoms with Crippen LogP contribution in [0.5, 0.6) is 28.7 Å². The first-order chi connectivity index (χ1) is 18.5. The first kappa shape index (κ1) is 29.1. The van der Waals surface area contributed by atoms with Gasteiger partial charge in [0.1, 0.15) is 0 Å². The molecule has 1 heterocycles. The molecule has 1 aliphatic rings. The first-order valence-electron chi connectivity index (χ1n) is 12.5. The number of methoxy groups -OCH3 is 6. The number of esters is 1. The van der Waals surface area contributed by atoms with Crippen molar-refractivity contribution in [3.8, 4) is 28.7 Å². The van der Waals surface area contributed by atoms with Gasteiger partial charge in [-0.15, -0.1) is 0 Å². The fourth-order valence-corrected chi connectivity index (χ4v) is 4.42. The third-order valence-electron chi connectivity index (χ3n) is 6.41. The van der Waals surface area contributed by atoms with Crippen molar-refractivity contribution in [1.29, 1.82) is 0 Å². The Bertz CT molecular complexity index is 1080. The van der Waals surface area contributed by atoms with Crippen LogP contribution in [0.4, 0.5) is 0 Å². The van der Waals surface area contributed by atoms with Crippen LogP contribution < -0.4 is 23.7 Å². The predicted octanol–water partition coefficient (Wildman–Crippen LogP) is 4.53. The molecular formula is C29H38O9. The summed E-state index contributed by atoms with van der Waals surface area (Å²) in [4.78, 5) is 13.1. The fraction of sp³-hybridized carbons (Fsp3) is 0.483. The van der Waals surface area contributed by atoms with Gasteiger partial charge in [-0.1, -0.05) is 6.07 Å². The van der Waals surface area contributed by atoms with E-state index in [9.17, 15) is 4.79 Å². The van der Waals surface area contributed by atoms with Gasteiger partial charge in [-0.2, -0.15) is 0 Å². The van der Waals surface area contributed by atoms with Crippen molar-refractivity contribution in [3.05, 3.63) is 52.6 Å². The highest BCUT2D eigenvalue weighted by atomic mass is 16.7. The summed E-state index contributed by atoms with van der Waals surface area (Å²) < 4.78 is 44.5. The van der Waals surface area contributed by atoms with E-state index in [2.05, 4.69) is 0 Å². The molecule has 2 aromatic carbocycles. The average Bonchev–Trinajstić information content (AvgIpc) is 2.97. The molecule has 0 aromatic heterocycles. The molecule has 0 amide bonds. The zero-order chi connectivity index (χ0) is 27.5. The van der Waals surface area contributed by atoms with Crippen molar-refractivity contribution in [2.75, 3.05) is 55.9 Å². The van der Waals surface area contributed by atoms with Gasteiger partial charge in [0.15, 0.2) is 29.3 Å². The maximum absolute atomic E-state index is 13.1. The van der Waals surface area contributed by atoms with Crippen LogP contribution in [0.3, 0.4) is 0 Å². The maximum atomic E-state index is 13.1. The summed E-state index contributed by atoms with van der Waals surface area (Å²) >= 11 is 0. The number of hydrogen-bond donors (Lipinski definition) is 0. The molecule has 1 saturated heterocycles. The minimum atomic E-state index is -0.435. The van der Waals surface area contributed by atoms with E-state index >= 15 is 0 Å². The van der Waals surface area contributed by atoms with Gasteiger partial charge >= 0.3 is 5.97 Å². The largest absolute Gasteiger partial charge is 0.493 e. The van der Waals surface area contributed by atoms with Crippen LogP contribution in [0, 0.1) is 0 Å². The Morgan fingerprint density at radius 1 is 0.789 bits per heavy atom. The highest BCUT2D eigenvalue weighted by molar-refractivity contribution is 5.90. The minimum absolute atomic E-state index is 0.194. The van der Waals surface area contributed by atoms with Crippen LogP contribution >= 0.6 is 0 Å². The standard InChI is InChI=1S/C29H38O9/c1-31-23-11-10-19(15-24(23)32-2)14-22(29(30)36-6)21(18-38-27-9-7-8-12-37-27)13-20-16-25(33-3)28(35-5)26(17-20)34-4/h10-11,15-17,27H,7-9,12-14,18H2,1-6H3/b22-21-. The summed E-state index contributed by atoms with van der Waals surface area (Å²) in [5.74, 6) is 2.29. The third-order valence-corrected chi connectivity index (χ3v) is 6.41. The number of rotatable bonds is 13. The number of carbonyl (C=O) groups excluding carboxylic acids is 1. The maximum Gasteiger partial charge on any atom is 0.334 e. The zero-order valence-corrected chi connectivity index (χ0v) is 23.1. The van der Waals surface area contributed by atoms with Crippen molar-refractivity contribution >= 4 is 5.97 Å². The lowest BCUT2D eigenvalue weighted by Crippen LogP contribution is -2.24. The van der Waals surface area contributed by atoms with E-state index in [1.807, 2.05) is 30.3 Å². The molecule has 0 aliphatic carbocycles. The molecule has 208 valence electrons. The second-order valence-corrected chi connectivity index (χ2v) is 8.76. The SMILES string of the molecule is COC(=O)/C(Cc1ccc(OC)c(OC)c1)=C(\COC1CCCCO1)Cc1cc(OC)c(OC)c(OC)c1. The first-order valence-corrected chi connectivity index (χ1v) is 12.5. The molecule has 3 rings (SSSR count). The molecule has 0 saturated carbocycles. The van der Waals surface area contributed by atoms with Crippen LogP contribution in [0.2, 0.25) is 0 Å². The van der Waals surface area contributed by atoms with Crippen molar-refractivity contribution in [3.63, 3.8) is 0 Å². The molecule has 0 bridgehead atoms. The Kier molecular flexibility index (Phi) is 11.1. The molecule has 0 radical (unpaired) electrons. The summed E-state index contributed by atoms with van der Waals surface area (Å²) in [7, 11) is 9.22. The molecule has 0 spiro atoms. The number of hydrogen-bond acceptors (Lipinski definition) is 9. The lowest BCUT2D eigenvalue weighted by Gasteiger charge is -2.24. The van der Waals surface area contributed by atoms with Crippen LogP contribution in [-0.4, -0.2) is 68.1 Å². The summed E-state index contributed by atoms with van der Waals surface area (Å²) in [6, 6.07) is 9.29. The van der Waals surface area contributed by atoms with Crippen molar-refractivity contribution < 1.29 is 42.7 Å². The number of carbonyl (C=O) groups is 1. The van der Waals surface area contributed by atoms with Gasteiger partial charge in [0.25, 0.3) is 0 Å². The molecule has 1 unspecified atom stereocenters. The second-order valence-electron chi connectivity index (χ2n) is 8.76. The van der Waals surface area contributed by atoms with E-state index in [1.54, 1.807) is 35.5 Å². The normalized spacial score (nSPS) is 15.8. The van der Waals surface area contributed by atoms with E-state index in [0.29, 0.717) is 53.8 Å². The summed E-state index contributed by atoms with van der Waals surface area (Å²) in [5.41, 5.74) is 2.97. The van der Waals surface area contributed by atoms with E-state index < -0.39 is 5.97 Å². The van der Waals surface area contributed by atoms with Gasteiger partial charge in [-0.3, -0.25) is 0 Å². The lowest BCUT2D eigenvalue weighted by atomic mass is 9.95. The number of benzene rings is 2. The minimum Gasteiger partial charge on any atom is -0.493 e. The van der Waals surface area contributed by atoms with Gasteiger partial charge < -0.3 is 37.9 Å². The topological polar surface area (TPSA) is 90.9 Å². The Hall–Kier alpha value is -3.43. The molecule has 1 atom stereocenters. The summed E-state index contributed by atoms with van der Waals surface area (Å²) in [6.45, 7) is 0.852. The monoisotopic (exact) mass is 530 g/mol. The molecule has 38 heavy (non-hydrogen) atoms. The molecule has 0 N–H and O–H groups in total. The average molecular weight is 531 g/mol. The van der Waals surface area contributed by atoms with Gasteiger partial charge in [-0.25, -0.2) is 4.79 Å². The van der Waals surface area contributed by atoms with Crippen LogP contribution in [0.15, 0.2) is 41.5 Å². The van der Waals surface area contributed by atoms with E-state index in [0.717, 1.165) is 36.0 Å². The Morgan fingerprint density at radius 3 is 2.00 bits per heavy atom. The van der Waals surface area contributed by atoms with Crippen molar-refractivity contribution in [1.82, 2.24) is 0 Å². The van der Waals surface area contributed by atoms with Crippen molar-refractivity contribution in [2.24, 2.45) is 0 Å². The molecular weight excluding hydrogens is 492 g/mol. The van der Waals surface area contributed by atoms with E-state index in [-0.39, 0.29) is 12.9 Å². The van der Waals surface area contributed by atoms with Crippen LogP contribution in [0.1, 0.15) is 30.4 Å². The highest BCUT2D eigenvalue weighted by Gasteiger charge is 2.22. The predicted molar refractivity (Wildman–Crippen MR) is 142 cm³/mol. The molecule has 9 nitrogen and oxygen atoms in total. The summed E-state index contributed by atoms with van der Waals surface area (Å²) in [6.07, 6.45) is 3.23. The fourth-order valence-electron chi connectivity index (χ4n) is 4.42. The quantitative estimate of drug-likeness (QED) is 0.274. The highest BCUT2D eigenvalue weighted by Crippen LogP contribution is 2.39. The Balaban J connectivity index is 2.05. The Morgan fingerprint density at radius 2 is 1.45 bits per heavy atom. The van der Waals surface area contributed by atoms with Gasteiger partial charge in [-0.05, 0) is 66.6 Å². The van der Waals surface area contributed by atoms with E-state index in [1.165, 1.54) is 7.11 Å². The van der Waals surface area contributed by atoms with E-state index in [4.69, 9.17) is 37.9 Å². The van der Waals surface area contributed by atoms with Crippen molar-refractivity contribution in [2.45, 2.75) is 38.4 Å². The van der Waals surface area contributed by atoms with Crippen LogP contribution in [-0.2, 0) is 31.8 Å². The number of ether oxygens (including phenoxy) is 8. The molecule has 1 fully saturated rings. The lowest BCUT2D eigenvalue weighted by molar-refractivity contribution is -0.157. The molecule has 9 heteroatoms. The molecule has 2 aromatic rings. The smallest absolute Gasteiger partial charge is 0.334 e. The van der Waals surface area contributed by atoms with Gasteiger partial charge in [0.05, 0.1) is 49.3 Å².